The monoisotopic (exact) mass is 348 g/mol. The summed E-state index contributed by atoms with van der Waals surface area (Å²) in [5.74, 6) is -0.485. The molecule has 0 aliphatic rings. The van der Waals surface area contributed by atoms with Crippen molar-refractivity contribution in [2.45, 2.75) is 12.5 Å². The van der Waals surface area contributed by atoms with E-state index in [1.807, 2.05) is 60.7 Å². The smallest absolute Gasteiger partial charge is 0.240 e. The van der Waals surface area contributed by atoms with Crippen molar-refractivity contribution in [1.82, 2.24) is 20.6 Å². The maximum Gasteiger partial charge on any atom is 0.240 e. The zero-order valence-electron chi connectivity index (χ0n) is 14.2. The van der Waals surface area contributed by atoms with Gasteiger partial charge in [0.25, 0.3) is 0 Å². The number of H-pyrrole nitrogens is 1. The minimum absolute atomic E-state index is 0.0802. The number of nitrogens with one attached hydrogen (secondary N) is 3. The summed E-state index contributed by atoms with van der Waals surface area (Å²) in [5.41, 5.74) is 2.67. The Morgan fingerprint density at radius 3 is 2.08 bits per heavy atom. The number of aromatic nitrogens is 2. The van der Waals surface area contributed by atoms with Crippen molar-refractivity contribution in [2.24, 2.45) is 0 Å². The predicted octanol–water partition coefficient (Wildman–Crippen LogP) is 1.97. The van der Waals surface area contributed by atoms with Crippen LogP contribution in [0.1, 0.15) is 22.9 Å². The molecule has 3 aromatic rings. The summed E-state index contributed by atoms with van der Waals surface area (Å²) < 4.78 is 0. The first-order chi connectivity index (χ1) is 12.7. The number of benzene rings is 2. The van der Waals surface area contributed by atoms with E-state index < -0.39 is 0 Å². The van der Waals surface area contributed by atoms with Crippen LogP contribution in [0.15, 0.2) is 73.2 Å². The molecule has 3 N–H and O–H groups in total. The summed E-state index contributed by atoms with van der Waals surface area (Å²) in [5, 5.41) is 5.62. The van der Waals surface area contributed by atoms with E-state index in [0.29, 0.717) is 5.69 Å². The third-order valence-corrected chi connectivity index (χ3v) is 3.92. The van der Waals surface area contributed by atoms with Gasteiger partial charge < -0.3 is 15.6 Å². The van der Waals surface area contributed by atoms with Crippen LogP contribution in [0.25, 0.3) is 0 Å². The SMILES string of the molecule is O=C(Cc1cnc[nH]1)NCC(=O)NC(c1ccccc1)c1ccccc1. The van der Waals surface area contributed by atoms with Gasteiger partial charge in [0.2, 0.25) is 11.8 Å². The molecule has 6 heteroatoms. The van der Waals surface area contributed by atoms with E-state index in [1.165, 1.54) is 6.33 Å². The Morgan fingerprint density at radius 2 is 1.54 bits per heavy atom. The molecular formula is C20H20N4O2. The number of hydrogen-bond donors (Lipinski definition) is 3. The number of aromatic amines is 1. The van der Waals surface area contributed by atoms with E-state index in [0.717, 1.165) is 11.1 Å². The molecule has 0 spiro atoms. The molecule has 0 aliphatic heterocycles. The van der Waals surface area contributed by atoms with Gasteiger partial charge in [0, 0.05) is 11.9 Å². The van der Waals surface area contributed by atoms with E-state index in [-0.39, 0.29) is 30.8 Å². The van der Waals surface area contributed by atoms with Crippen molar-refractivity contribution in [1.29, 1.82) is 0 Å². The molecule has 0 saturated heterocycles. The summed E-state index contributed by atoms with van der Waals surface area (Å²) in [6, 6.07) is 19.2. The lowest BCUT2D eigenvalue weighted by atomic mass is 9.99. The molecule has 132 valence electrons. The minimum Gasteiger partial charge on any atom is -0.348 e. The highest BCUT2D eigenvalue weighted by Gasteiger charge is 2.17. The normalized spacial score (nSPS) is 10.5. The Hall–Kier alpha value is -3.41. The van der Waals surface area contributed by atoms with Gasteiger partial charge in [0.1, 0.15) is 0 Å². The topological polar surface area (TPSA) is 86.9 Å². The molecule has 1 aromatic heterocycles. The summed E-state index contributed by atoms with van der Waals surface area (Å²) in [7, 11) is 0. The molecule has 0 fully saturated rings. The van der Waals surface area contributed by atoms with Gasteiger partial charge in [-0.1, -0.05) is 60.7 Å². The van der Waals surface area contributed by atoms with Crippen molar-refractivity contribution in [2.75, 3.05) is 6.54 Å². The van der Waals surface area contributed by atoms with Crippen molar-refractivity contribution in [3.05, 3.63) is 90.0 Å². The Bertz CT molecular complexity index is 793. The average Bonchev–Trinajstić information content (AvgIpc) is 3.19. The average molecular weight is 348 g/mol. The summed E-state index contributed by atoms with van der Waals surface area (Å²) in [4.78, 5) is 31.0. The van der Waals surface area contributed by atoms with E-state index >= 15 is 0 Å². The lowest BCUT2D eigenvalue weighted by Crippen LogP contribution is -2.39. The van der Waals surface area contributed by atoms with Gasteiger partial charge in [-0.05, 0) is 11.1 Å². The fraction of sp³-hybridized carbons (Fsp3) is 0.150. The van der Waals surface area contributed by atoms with Crippen LogP contribution in [0.5, 0.6) is 0 Å². The standard InChI is InChI=1S/C20H20N4O2/c25-18(11-17-12-21-14-23-17)22-13-19(26)24-20(15-7-3-1-4-8-15)16-9-5-2-6-10-16/h1-10,12,14,20H,11,13H2,(H,21,23)(H,22,25)(H,24,26). The number of rotatable bonds is 7. The van der Waals surface area contributed by atoms with Gasteiger partial charge in [-0.15, -0.1) is 0 Å². The van der Waals surface area contributed by atoms with Gasteiger partial charge in [-0.3, -0.25) is 9.59 Å². The van der Waals surface area contributed by atoms with E-state index in [4.69, 9.17) is 0 Å². The molecule has 0 unspecified atom stereocenters. The number of amides is 2. The van der Waals surface area contributed by atoms with Crippen LogP contribution < -0.4 is 10.6 Å². The number of carbonyl (C=O) groups is 2. The molecule has 26 heavy (non-hydrogen) atoms. The Morgan fingerprint density at radius 1 is 0.923 bits per heavy atom. The molecule has 1 heterocycles. The first-order valence-corrected chi connectivity index (χ1v) is 8.35. The zero-order chi connectivity index (χ0) is 18.2. The molecule has 0 saturated carbocycles. The lowest BCUT2D eigenvalue weighted by Gasteiger charge is -2.20. The predicted molar refractivity (Wildman–Crippen MR) is 98.2 cm³/mol. The number of nitrogens with zero attached hydrogens (tertiary/aromatic N) is 1. The lowest BCUT2D eigenvalue weighted by molar-refractivity contribution is -0.126. The van der Waals surface area contributed by atoms with Crippen molar-refractivity contribution in [3.63, 3.8) is 0 Å². The van der Waals surface area contributed by atoms with E-state index in [1.54, 1.807) is 6.20 Å². The highest BCUT2D eigenvalue weighted by molar-refractivity contribution is 5.85. The first kappa shape index (κ1) is 17.4. The van der Waals surface area contributed by atoms with Crippen LogP contribution in [-0.4, -0.2) is 28.3 Å². The molecular weight excluding hydrogens is 328 g/mol. The number of imidazole rings is 1. The minimum atomic E-state index is -0.269. The zero-order valence-corrected chi connectivity index (χ0v) is 14.2. The highest BCUT2D eigenvalue weighted by Crippen LogP contribution is 2.21. The first-order valence-electron chi connectivity index (χ1n) is 8.35. The van der Waals surface area contributed by atoms with Gasteiger partial charge >= 0.3 is 0 Å². The summed E-state index contributed by atoms with van der Waals surface area (Å²) >= 11 is 0. The molecule has 3 rings (SSSR count). The van der Waals surface area contributed by atoms with Gasteiger partial charge in [0.05, 0.1) is 25.3 Å². The molecule has 2 aromatic carbocycles. The molecule has 2 amide bonds. The quantitative estimate of drug-likeness (QED) is 0.610. The molecule has 0 radical (unpaired) electrons. The second-order valence-electron chi connectivity index (χ2n) is 5.85. The molecule has 6 nitrogen and oxygen atoms in total. The second-order valence-corrected chi connectivity index (χ2v) is 5.85. The third kappa shape index (κ3) is 4.80. The van der Waals surface area contributed by atoms with Crippen molar-refractivity contribution >= 4 is 11.8 Å². The third-order valence-electron chi connectivity index (χ3n) is 3.92. The highest BCUT2D eigenvalue weighted by atomic mass is 16.2. The fourth-order valence-corrected chi connectivity index (χ4v) is 2.66. The summed E-state index contributed by atoms with van der Waals surface area (Å²) in [6.07, 6.45) is 3.26. The maximum absolute atomic E-state index is 12.4. The van der Waals surface area contributed by atoms with Crippen molar-refractivity contribution in [3.8, 4) is 0 Å². The Balaban J connectivity index is 1.61. The molecule has 0 aliphatic carbocycles. The van der Waals surface area contributed by atoms with Gasteiger partial charge in [-0.25, -0.2) is 4.98 Å². The van der Waals surface area contributed by atoms with Crippen LogP contribution in [0.4, 0.5) is 0 Å². The van der Waals surface area contributed by atoms with E-state index in [9.17, 15) is 9.59 Å². The fourth-order valence-electron chi connectivity index (χ4n) is 2.66. The largest absolute Gasteiger partial charge is 0.348 e. The molecule has 0 atom stereocenters. The summed E-state index contributed by atoms with van der Waals surface area (Å²) in [6.45, 7) is -0.0802. The Kier molecular flexibility index (Phi) is 5.77. The van der Waals surface area contributed by atoms with Gasteiger partial charge in [-0.2, -0.15) is 0 Å². The van der Waals surface area contributed by atoms with Crippen LogP contribution in [0.2, 0.25) is 0 Å². The van der Waals surface area contributed by atoms with Crippen LogP contribution >= 0.6 is 0 Å². The number of hydrogen-bond acceptors (Lipinski definition) is 3. The van der Waals surface area contributed by atoms with Crippen LogP contribution in [0.3, 0.4) is 0 Å². The maximum atomic E-state index is 12.4. The molecule has 0 bridgehead atoms. The second kappa shape index (κ2) is 8.62. The Labute approximate surface area is 151 Å². The number of carbonyl (C=O) groups excluding carboxylic acids is 2. The van der Waals surface area contributed by atoms with Crippen molar-refractivity contribution < 1.29 is 9.59 Å². The van der Waals surface area contributed by atoms with Crippen LogP contribution in [-0.2, 0) is 16.0 Å². The van der Waals surface area contributed by atoms with E-state index in [2.05, 4.69) is 20.6 Å². The van der Waals surface area contributed by atoms with Gasteiger partial charge in [0.15, 0.2) is 0 Å². The van der Waals surface area contributed by atoms with Crippen LogP contribution in [0, 0.1) is 0 Å².